The van der Waals surface area contributed by atoms with E-state index < -0.39 is 0 Å². The van der Waals surface area contributed by atoms with Crippen molar-refractivity contribution in [1.29, 1.82) is 0 Å². The Bertz CT molecular complexity index is 409. The lowest BCUT2D eigenvalue weighted by Crippen LogP contribution is -2.65. The number of ether oxygens (including phenoxy) is 2. The fourth-order valence-corrected chi connectivity index (χ4v) is 3.98. The van der Waals surface area contributed by atoms with Gasteiger partial charge in [0.25, 0.3) is 0 Å². The van der Waals surface area contributed by atoms with E-state index in [1.165, 1.54) is 0 Å². The van der Waals surface area contributed by atoms with Crippen LogP contribution >= 0.6 is 0 Å². The van der Waals surface area contributed by atoms with Gasteiger partial charge in [0.2, 0.25) is 0 Å². The highest BCUT2D eigenvalue weighted by Crippen LogP contribution is 2.49. The predicted molar refractivity (Wildman–Crippen MR) is 56.5 cm³/mol. The van der Waals surface area contributed by atoms with Crippen molar-refractivity contribution in [3.63, 3.8) is 0 Å². The van der Waals surface area contributed by atoms with Crippen LogP contribution in [0.1, 0.15) is 32.1 Å². The van der Waals surface area contributed by atoms with E-state index in [2.05, 4.69) is 0 Å². The van der Waals surface area contributed by atoms with Crippen LogP contribution in [0.3, 0.4) is 0 Å². The van der Waals surface area contributed by atoms with E-state index in [0.29, 0.717) is 13.0 Å². The second-order valence-corrected chi connectivity index (χ2v) is 5.59. The lowest BCUT2D eigenvalue weighted by atomic mass is 9.78. The topological polar surface area (TPSA) is 55.8 Å². The highest BCUT2D eigenvalue weighted by atomic mass is 16.6. The summed E-state index contributed by atoms with van der Waals surface area (Å²) in [5, 5.41) is 0. The SMILES string of the molecule is O=C1C[C@@H]2CC[C@@]3(CC[C@@H]4COC(=O)N4[C@@H]13)O2. The molecule has 4 rings (SSSR count). The number of cyclic esters (lactones) is 1. The lowest BCUT2D eigenvalue weighted by Gasteiger charge is -2.48. The molecule has 0 unspecified atom stereocenters. The molecule has 4 atom stereocenters. The molecule has 1 spiro atoms. The third-order valence-corrected chi connectivity index (χ3v) is 4.71. The van der Waals surface area contributed by atoms with E-state index in [1.54, 1.807) is 4.90 Å². The van der Waals surface area contributed by atoms with Crippen molar-refractivity contribution < 1.29 is 19.1 Å². The summed E-state index contributed by atoms with van der Waals surface area (Å²) in [5.74, 6) is 0.169. The first kappa shape index (κ1) is 9.88. The molecule has 0 N–H and O–H groups in total. The Kier molecular flexibility index (Phi) is 1.75. The first-order chi connectivity index (χ1) is 8.20. The Morgan fingerprint density at radius 2 is 2.06 bits per heavy atom. The molecule has 92 valence electrons. The van der Waals surface area contributed by atoms with Gasteiger partial charge >= 0.3 is 6.09 Å². The van der Waals surface area contributed by atoms with Crippen LogP contribution in [0.5, 0.6) is 0 Å². The molecular weight excluding hydrogens is 222 g/mol. The zero-order valence-corrected chi connectivity index (χ0v) is 9.55. The summed E-state index contributed by atoms with van der Waals surface area (Å²) < 4.78 is 11.1. The molecule has 5 heteroatoms. The maximum absolute atomic E-state index is 12.2. The Balaban J connectivity index is 1.78. The monoisotopic (exact) mass is 237 g/mol. The van der Waals surface area contributed by atoms with Gasteiger partial charge in [-0.25, -0.2) is 4.79 Å². The smallest absolute Gasteiger partial charge is 0.410 e. The second-order valence-electron chi connectivity index (χ2n) is 5.59. The van der Waals surface area contributed by atoms with Crippen LogP contribution in [-0.4, -0.2) is 47.2 Å². The number of amides is 1. The summed E-state index contributed by atoms with van der Waals surface area (Å²) in [5.41, 5.74) is -0.389. The molecule has 0 aliphatic carbocycles. The zero-order chi connectivity index (χ0) is 11.6. The normalized spacial score (nSPS) is 47.8. The van der Waals surface area contributed by atoms with Crippen molar-refractivity contribution >= 4 is 11.9 Å². The number of piperidine rings is 1. The van der Waals surface area contributed by atoms with Crippen molar-refractivity contribution in [3.8, 4) is 0 Å². The van der Waals surface area contributed by atoms with Crippen LogP contribution in [-0.2, 0) is 14.3 Å². The van der Waals surface area contributed by atoms with Crippen LogP contribution in [0.15, 0.2) is 0 Å². The van der Waals surface area contributed by atoms with Crippen LogP contribution in [0.2, 0.25) is 0 Å². The average Bonchev–Trinajstić information content (AvgIpc) is 2.83. The van der Waals surface area contributed by atoms with Crippen molar-refractivity contribution in [2.75, 3.05) is 6.61 Å². The second kappa shape index (κ2) is 3.02. The summed E-state index contributed by atoms with van der Waals surface area (Å²) >= 11 is 0. The molecule has 5 nitrogen and oxygen atoms in total. The van der Waals surface area contributed by atoms with Crippen LogP contribution < -0.4 is 0 Å². The number of nitrogens with zero attached hydrogens (tertiary/aromatic N) is 1. The summed E-state index contributed by atoms with van der Waals surface area (Å²) in [7, 11) is 0. The molecule has 0 saturated carbocycles. The molecule has 2 bridgehead atoms. The van der Waals surface area contributed by atoms with Gasteiger partial charge in [0.15, 0.2) is 5.78 Å². The Morgan fingerprint density at radius 3 is 2.94 bits per heavy atom. The molecular formula is C12H15NO4. The molecule has 4 fully saturated rings. The van der Waals surface area contributed by atoms with E-state index >= 15 is 0 Å². The van der Waals surface area contributed by atoms with Crippen molar-refractivity contribution in [1.82, 2.24) is 4.90 Å². The molecule has 4 aliphatic heterocycles. The van der Waals surface area contributed by atoms with Gasteiger partial charge in [-0.3, -0.25) is 9.69 Å². The number of ketones is 1. The average molecular weight is 237 g/mol. The number of rotatable bonds is 0. The first-order valence-electron chi connectivity index (χ1n) is 6.35. The first-order valence-corrected chi connectivity index (χ1v) is 6.35. The summed E-state index contributed by atoms with van der Waals surface area (Å²) in [6, 6.07) is -0.294. The fraction of sp³-hybridized carbons (Fsp3) is 0.833. The summed E-state index contributed by atoms with van der Waals surface area (Å²) in [6.07, 6.45) is 3.86. The molecule has 4 heterocycles. The molecule has 4 saturated heterocycles. The highest BCUT2D eigenvalue weighted by Gasteiger charge is 2.61. The Labute approximate surface area is 99.0 Å². The standard InChI is InChI=1S/C12H15NO4/c14-9-5-8-2-4-12(17-8)3-1-7-6-16-11(15)13(7)10(9)12/h7-8,10H,1-6H2/t7-,8+,10+,12-/m1/s1. The minimum atomic E-state index is -0.389. The molecule has 0 aromatic rings. The number of Topliss-reactive ketones (excluding diaryl/α,β-unsaturated/α-hetero) is 1. The minimum absolute atomic E-state index is 0.0859. The van der Waals surface area contributed by atoms with E-state index in [0.717, 1.165) is 25.7 Å². The van der Waals surface area contributed by atoms with Gasteiger partial charge in [0, 0.05) is 6.42 Å². The molecule has 17 heavy (non-hydrogen) atoms. The van der Waals surface area contributed by atoms with Gasteiger partial charge in [-0.2, -0.15) is 0 Å². The van der Waals surface area contributed by atoms with Crippen molar-refractivity contribution in [2.24, 2.45) is 0 Å². The van der Waals surface area contributed by atoms with Crippen LogP contribution in [0, 0.1) is 0 Å². The number of carbonyl (C=O) groups excluding carboxylic acids is 2. The molecule has 0 aromatic carbocycles. The predicted octanol–water partition coefficient (Wildman–Crippen LogP) is 0.860. The molecule has 1 amide bonds. The van der Waals surface area contributed by atoms with Gasteiger partial charge in [-0.1, -0.05) is 0 Å². The largest absolute Gasteiger partial charge is 0.447 e. The van der Waals surface area contributed by atoms with Gasteiger partial charge in [0.1, 0.15) is 12.6 Å². The third-order valence-electron chi connectivity index (χ3n) is 4.71. The minimum Gasteiger partial charge on any atom is -0.447 e. The summed E-state index contributed by atoms with van der Waals surface area (Å²) in [6.45, 7) is 0.433. The lowest BCUT2D eigenvalue weighted by molar-refractivity contribution is -0.167. The quantitative estimate of drug-likeness (QED) is 0.627. The van der Waals surface area contributed by atoms with E-state index in [-0.39, 0.29) is 35.7 Å². The fourth-order valence-electron chi connectivity index (χ4n) is 3.98. The van der Waals surface area contributed by atoms with E-state index in [9.17, 15) is 9.59 Å². The van der Waals surface area contributed by atoms with E-state index in [1.807, 2.05) is 0 Å². The van der Waals surface area contributed by atoms with E-state index in [4.69, 9.17) is 9.47 Å². The van der Waals surface area contributed by atoms with Gasteiger partial charge in [-0.05, 0) is 25.7 Å². The number of hydrogen-bond donors (Lipinski definition) is 0. The van der Waals surface area contributed by atoms with Gasteiger partial charge in [0.05, 0.1) is 17.7 Å². The zero-order valence-electron chi connectivity index (χ0n) is 9.55. The summed E-state index contributed by atoms with van der Waals surface area (Å²) in [4.78, 5) is 25.7. The number of fused-ring (bicyclic) bond motifs is 3. The number of carbonyl (C=O) groups is 2. The molecule has 0 radical (unpaired) electrons. The van der Waals surface area contributed by atoms with Gasteiger partial charge < -0.3 is 9.47 Å². The Morgan fingerprint density at radius 1 is 1.24 bits per heavy atom. The Hall–Kier alpha value is -1.10. The maximum Gasteiger partial charge on any atom is 0.410 e. The molecule has 4 aliphatic rings. The maximum atomic E-state index is 12.2. The third kappa shape index (κ3) is 1.13. The molecule has 0 aromatic heterocycles. The van der Waals surface area contributed by atoms with Crippen LogP contribution in [0.25, 0.3) is 0 Å². The van der Waals surface area contributed by atoms with Crippen molar-refractivity contribution in [2.45, 2.75) is 55.9 Å². The van der Waals surface area contributed by atoms with Crippen molar-refractivity contribution in [3.05, 3.63) is 0 Å². The highest BCUT2D eigenvalue weighted by molar-refractivity contribution is 5.91. The van der Waals surface area contributed by atoms with Crippen LogP contribution in [0.4, 0.5) is 4.79 Å². The van der Waals surface area contributed by atoms with Gasteiger partial charge in [-0.15, -0.1) is 0 Å². The number of hydrogen-bond acceptors (Lipinski definition) is 4.